The number of ether oxygens (including phenoxy) is 1. The minimum absolute atomic E-state index is 0.113. The van der Waals surface area contributed by atoms with Gasteiger partial charge in [0.25, 0.3) is 0 Å². The van der Waals surface area contributed by atoms with Crippen LogP contribution in [0.5, 0.6) is 0 Å². The zero-order valence-corrected chi connectivity index (χ0v) is 21.8. The minimum Gasteiger partial charge on any atom is -0.462 e. The summed E-state index contributed by atoms with van der Waals surface area (Å²) < 4.78 is 19.0. The van der Waals surface area contributed by atoms with Crippen molar-refractivity contribution in [3.05, 3.63) is 119 Å². The Morgan fingerprint density at radius 1 is 0.917 bits per heavy atom. The van der Waals surface area contributed by atoms with E-state index in [0.717, 1.165) is 0 Å². The van der Waals surface area contributed by atoms with E-state index in [1.54, 1.807) is 31.2 Å². The van der Waals surface area contributed by atoms with Crippen molar-refractivity contribution in [1.29, 1.82) is 5.26 Å². The van der Waals surface area contributed by atoms with Gasteiger partial charge in [0.15, 0.2) is 0 Å². The van der Waals surface area contributed by atoms with Crippen molar-refractivity contribution in [2.75, 3.05) is 11.7 Å². The van der Waals surface area contributed by atoms with Crippen molar-refractivity contribution in [1.82, 2.24) is 0 Å². The normalized spacial score (nSPS) is 12.6. The van der Waals surface area contributed by atoms with Crippen LogP contribution < -0.4 is 5.09 Å². The highest BCUT2D eigenvalue weighted by Crippen LogP contribution is 2.53. The maximum Gasteiger partial charge on any atom is 0.348 e. The van der Waals surface area contributed by atoms with Crippen molar-refractivity contribution in [2.24, 2.45) is 0 Å². The lowest BCUT2D eigenvalue weighted by atomic mass is 10.1. The number of anilines is 1. The SMILES string of the molecule is CCOC(=O)/C(C#N)=C/c1ccc(NP(=O)(/C=C(\Cl)c2ccccc2)/C=C(\Cl)c2ccccc2)cc1. The third kappa shape index (κ3) is 7.73. The lowest BCUT2D eigenvalue weighted by Gasteiger charge is -2.16. The molecule has 3 aromatic carbocycles. The summed E-state index contributed by atoms with van der Waals surface area (Å²) in [5.41, 5.74) is 2.46. The zero-order chi connectivity index (χ0) is 26.0. The fourth-order valence-electron chi connectivity index (χ4n) is 3.15. The average Bonchev–Trinajstić information content (AvgIpc) is 2.89. The molecule has 8 heteroatoms. The van der Waals surface area contributed by atoms with Crippen LogP contribution in [0.1, 0.15) is 23.6 Å². The van der Waals surface area contributed by atoms with Gasteiger partial charge >= 0.3 is 5.97 Å². The number of halogens is 2. The molecule has 0 radical (unpaired) electrons. The lowest BCUT2D eigenvalue weighted by molar-refractivity contribution is -0.137. The van der Waals surface area contributed by atoms with Crippen LogP contribution in [0.2, 0.25) is 0 Å². The molecular weight excluding hydrogens is 514 g/mol. The van der Waals surface area contributed by atoms with Crippen molar-refractivity contribution >= 4 is 58.3 Å². The molecule has 0 aliphatic rings. The molecule has 5 nitrogen and oxygen atoms in total. The van der Waals surface area contributed by atoms with E-state index in [1.165, 1.54) is 17.7 Å². The van der Waals surface area contributed by atoms with Gasteiger partial charge in [0, 0.05) is 17.3 Å². The molecular formula is C28H23Cl2N2O3P. The lowest BCUT2D eigenvalue weighted by Crippen LogP contribution is -2.05. The van der Waals surface area contributed by atoms with Gasteiger partial charge in [0.2, 0.25) is 7.29 Å². The highest BCUT2D eigenvalue weighted by molar-refractivity contribution is 7.72. The number of esters is 1. The van der Waals surface area contributed by atoms with Gasteiger partial charge in [-0.2, -0.15) is 5.26 Å². The fraction of sp³-hybridized carbons (Fsp3) is 0.0714. The molecule has 0 amide bonds. The molecule has 3 rings (SSSR count). The van der Waals surface area contributed by atoms with Gasteiger partial charge in [-0.05, 0) is 41.8 Å². The van der Waals surface area contributed by atoms with Crippen LogP contribution in [-0.2, 0) is 14.1 Å². The molecule has 36 heavy (non-hydrogen) atoms. The van der Waals surface area contributed by atoms with Crippen LogP contribution in [0, 0.1) is 11.3 Å². The van der Waals surface area contributed by atoms with Crippen LogP contribution >= 0.6 is 30.5 Å². The second-order valence-corrected chi connectivity index (χ2v) is 10.5. The molecule has 0 unspecified atom stereocenters. The highest BCUT2D eigenvalue weighted by atomic mass is 35.5. The zero-order valence-electron chi connectivity index (χ0n) is 19.4. The topological polar surface area (TPSA) is 79.2 Å². The molecule has 0 atom stereocenters. The van der Waals surface area contributed by atoms with Crippen LogP contribution in [0.3, 0.4) is 0 Å². The number of hydrogen-bond acceptors (Lipinski definition) is 4. The number of carbonyl (C=O) groups is 1. The monoisotopic (exact) mass is 536 g/mol. The second kappa shape index (κ2) is 13.0. The minimum atomic E-state index is -3.44. The predicted molar refractivity (Wildman–Crippen MR) is 148 cm³/mol. The van der Waals surface area contributed by atoms with Crippen LogP contribution in [-0.4, -0.2) is 12.6 Å². The number of carbonyl (C=O) groups excluding carboxylic acids is 1. The fourth-order valence-corrected chi connectivity index (χ4v) is 6.00. The summed E-state index contributed by atoms with van der Waals surface area (Å²) in [4.78, 5) is 11.9. The molecule has 0 heterocycles. The van der Waals surface area contributed by atoms with Crippen molar-refractivity contribution in [2.45, 2.75) is 6.92 Å². The van der Waals surface area contributed by atoms with Crippen LogP contribution in [0.15, 0.2) is 102 Å². The van der Waals surface area contributed by atoms with Gasteiger partial charge in [-0.25, -0.2) is 4.79 Å². The summed E-state index contributed by atoms with van der Waals surface area (Å²) >= 11 is 13.1. The predicted octanol–water partition coefficient (Wildman–Crippen LogP) is 8.32. The summed E-state index contributed by atoms with van der Waals surface area (Å²) in [5.74, 6) is 2.25. The molecule has 0 aliphatic carbocycles. The summed E-state index contributed by atoms with van der Waals surface area (Å²) in [6.07, 6.45) is 1.43. The molecule has 182 valence electrons. The van der Waals surface area contributed by atoms with E-state index < -0.39 is 13.3 Å². The van der Waals surface area contributed by atoms with Gasteiger partial charge in [0.1, 0.15) is 11.6 Å². The van der Waals surface area contributed by atoms with E-state index in [0.29, 0.717) is 32.4 Å². The van der Waals surface area contributed by atoms with Crippen molar-refractivity contribution < 1.29 is 14.1 Å². The summed E-state index contributed by atoms with van der Waals surface area (Å²) in [6, 6.07) is 27.0. The summed E-state index contributed by atoms with van der Waals surface area (Å²) in [7, 11) is -3.44. The average molecular weight is 537 g/mol. The Morgan fingerprint density at radius 2 is 1.42 bits per heavy atom. The third-order valence-corrected chi connectivity index (χ3v) is 7.70. The van der Waals surface area contributed by atoms with E-state index in [2.05, 4.69) is 5.09 Å². The maximum absolute atomic E-state index is 14.1. The molecule has 3 aromatic rings. The number of hydrogen-bond donors (Lipinski definition) is 1. The molecule has 0 saturated heterocycles. The number of rotatable bonds is 9. The van der Waals surface area contributed by atoms with Gasteiger partial charge in [-0.15, -0.1) is 0 Å². The molecule has 0 aromatic heterocycles. The second-order valence-electron chi connectivity index (χ2n) is 7.52. The molecule has 0 spiro atoms. The standard InChI is InChI=1S/C28H23Cl2N2O3P/c1-2-35-28(33)24(18-31)17-21-13-15-25(16-14-21)32-36(34,19-26(29)22-9-5-3-6-10-22)20-27(30)23-11-7-4-8-12-23/h3-17,19-20H,2H2,1H3,(H,32,34)/b24-17+,26-19-,27-20-. The van der Waals surface area contributed by atoms with Crippen molar-refractivity contribution in [3.63, 3.8) is 0 Å². The number of benzene rings is 3. The third-order valence-electron chi connectivity index (χ3n) is 4.85. The number of nitriles is 1. The molecule has 1 N–H and O–H groups in total. The van der Waals surface area contributed by atoms with E-state index in [9.17, 15) is 14.6 Å². The highest BCUT2D eigenvalue weighted by Gasteiger charge is 2.20. The first-order valence-corrected chi connectivity index (χ1v) is 13.6. The Hall–Kier alpha value is -3.55. The molecule has 0 saturated carbocycles. The summed E-state index contributed by atoms with van der Waals surface area (Å²) in [5, 5.41) is 12.9. The van der Waals surface area contributed by atoms with E-state index in [-0.39, 0.29) is 12.2 Å². The van der Waals surface area contributed by atoms with Crippen LogP contribution in [0.25, 0.3) is 16.1 Å². The number of nitrogens with one attached hydrogen (secondary N) is 1. The Kier molecular flexibility index (Phi) is 9.73. The smallest absolute Gasteiger partial charge is 0.348 e. The maximum atomic E-state index is 14.1. The summed E-state index contributed by atoms with van der Waals surface area (Å²) in [6.45, 7) is 1.84. The Morgan fingerprint density at radius 3 is 1.86 bits per heavy atom. The number of nitrogens with zero attached hydrogens (tertiary/aromatic N) is 1. The quantitative estimate of drug-likeness (QED) is 0.129. The first kappa shape index (κ1) is 27.0. The van der Waals surface area contributed by atoms with Crippen molar-refractivity contribution in [3.8, 4) is 6.07 Å². The van der Waals surface area contributed by atoms with Gasteiger partial charge in [0.05, 0.1) is 16.7 Å². The molecule has 0 aliphatic heterocycles. The van der Waals surface area contributed by atoms with E-state index in [1.807, 2.05) is 66.7 Å². The molecule has 0 bridgehead atoms. The Bertz CT molecular complexity index is 1320. The Labute approximate surface area is 220 Å². The van der Waals surface area contributed by atoms with Gasteiger partial charge < -0.3 is 9.82 Å². The van der Waals surface area contributed by atoms with Gasteiger partial charge in [-0.3, -0.25) is 4.57 Å². The largest absolute Gasteiger partial charge is 0.462 e. The Balaban J connectivity index is 1.95. The van der Waals surface area contributed by atoms with E-state index in [4.69, 9.17) is 27.9 Å². The molecule has 0 fully saturated rings. The first-order valence-electron chi connectivity index (χ1n) is 11.0. The van der Waals surface area contributed by atoms with E-state index >= 15 is 0 Å². The first-order chi connectivity index (χ1) is 17.3. The van der Waals surface area contributed by atoms with Crippen LogP contribution in [0.4, 0.5) is 5.69 Å². The van der Waals surface area contributed by atoms with Gasteiger partial charge in [-0.1, -0.05) is 96.0 Å².